The lowest BCUT2D eigenvalue weighted by molar-refractivity contribution is -0.384. The fraction of sp³-hybridized carbons (Fsp3) is 0.125. The lowest BCUT2D eigenvalue weighted by atomic mass is 10.1. The average Bonchev–Trinajstić information content (AvgIpc) is 2.93. The molecule has 1 atom stereocenters. The van der Waals surface area contributed by atoms with E-state index in [9.17, 15) is 19.7 Å². The van der Waals surface area contributed by atoms with E-state index in [0.717, 1.165) is 11.6 Å². The van der Waals surface area contributed by atoms with Crippen LogP contribution >= 0.6 is 11.6 Å². The molecule has 0 saturated heterocycles. The SMILES string of the molecule is NC(=O)[C@@H]1Cc2ccccc2N1C(=O)c1ccc([N+](=O)[O-])c(Cl)c1. The Morgan fingerprint density at radius 3 is 2.58 bits per heavy atom. The zero-order valence-electron chi connectivity index (χ0n) is 12.3. The van der Waals surface area contributed by atoms with Gasteiger partial charge in [-0.1, -0.05) is 29.8 Å². The second-order valence-electron chi connectivity index (χ2n) is 5.35. The number of hydrogen-bond donors (Lipinski definition) is 1. The number of benzene rings is 2. The first kappa shape index (κ1) is 15.9. The Balaban J connectivity index is 2.03. The fourth-order valence-corrected chi connectivity index (χ4v) is 3.04. The van der Waals surface area contributed by atoms with Gasteiger partial charge >= 0.3 is 0 Å². The number of amides is 2. The number of anilines is 1. The lowest BCUT2D eigenvalue weighted by Gasteiger charge is -2.23. The monoisotopic (exact) mass is 345 g/mol. The third-order valence-electron chi connectivity index (χ3n) is 3.91. The van der Waals surface area contributed by atoms with Gasteiger partial charge in [0.05, 0.1) is 4.92 Å². The van der Waals surface area contributed by atoms with E-state index in [2.05, 4.69) is 0 Å². The molecule has 1 heterocycles. The Kier molecular flexibility index (Phi) is 3.94. The van der Waals surface area contributed by atoms with E-state index in [1.165, 1.54) is 17.0 Å². The van der Waals surface area contributed by atoms with Gasteiger partial charge in [0.1, 0.15) is 11.1 Å². The molecular formula is C16H12ClN3O4. The quantitative estimate of drug-likeness (QED) is 0.680. The van der Waals surface area contributed by atoms with Gasteiger partial charge in [-0.25, -0.2) is 0 Å². The smallest absolute Gasteiger partial charge is 0.287 e. The van der Waals surface area contributed by atoms with E-state index in [1.807, 2.05) is 12.1 Å². The molecule has 0 aliphatic carbocycles. The molecule has 0 bridgehead atoms. The number of rotatable bonds is 3. The van der Waals surface area contributed by atoms with E-state index in [-0.39, 0.29) is 16.3 Å². The molecule has 1 aliphatic heterocycles. The summed E-state index contributed by atoms with van der Waals surface area (Å²) < 4.78 is 0. The molecule has 0 saturated carbocycles. The molecule has 7 nitrogen and oxygen atoms in total. The van der Waals surface area contributed by atoms with Gasteiger partial charge in [0.2, 0.25) is 5.91 Å². The van der Waals surface area contributed by atoms with Crippen LogP contribution in [0.25, 0.3) is 0 Å². The van der Waals surface area contributed by atoms with Gasteiger partial charge in [0.15, 0.2) is 0 Å². The van der Waals surface area contributed by atoms with E-state index in [4.69, 9.17) is 17.3 Å². The minimum atomic E-state index is -0.802. The molecule has 0 fully saturated rings. The van der Waals surface area contributed by atoms with Crippen molar-refractivity contribution < 1.29 is 14.5 Å². The molecule has 2 N–H and O–H groups in total. The van der Waals surface area contributed by atoms with Crippen molar-refractivity contribution in [1.82, 2.24) is 0 Å². The number of carbonyl (C=O) groups excluding carboxylic acids is 2. The average molecular weight is 346 g/mol. The van der Waals surface area contributed by atoms with Gasteiger partial charge in [-0.2, -0.15) is 0 Å². The standard InChI is InChI=1S/C16H12ClN3O4/c17-11-7-10(5-6-13(11)20(23)24)16(22)19-12-4-2-1-3-9(12)8-14(19)15(18)21/h1-7,14H,8H2,(H2,18,21)/t14-/m0/s1. The first-order chi connectivity index (χ1) is 11.4. The molecule has 122 valence electrons. The number of halogens is 1. The highest BCUT2D eigenvalue weighted by Crippen LogP contribution is 2.34. The summed E-state index contributed by atoms with van der Waals surface area (Å²) in [7, 11) is 0. The van der Waals surface area contributed by atoms with Crippen LogP contribution in [-0.2, 0) is 11.2 Å². The van der Waals surface area contributed by atoms with Crippen LogP contribution in [0.1, 0.15) is 15.9 Å². The molecule has 3 rings (SSSR count). The summed E-state index contributed by atoms with van der Waals surface area (Å²) in [5.41, 5.74) is 6.72. The van der Waals surface area contributed by atoms with Crippen molar-refractivity contribution in [3.63, 3.8) is 0 Å². The maximum Gasteiger partial charge on any atom is 0.287 e. The Labute approximate surface area is 141 Å². The Morgan fingerprint density at radius 1 is 1.25 bits per heavy atom. The fourth-order valence-electron chi connectivity index (χ4n) is 2.79. The number of carbonyl (C=O) groups is 2. The van der Waals surface area contributed by atoms with Gasteiger partial charge in [-0.05, 0) is 23.8 Å². The third kappa shape index (κ3) is 2.59. The highest BCUT2D eigenvalue weighted by Gasteiger charge is 2.37. The number of primary amides is 1. The van der Waals surface area contributed by atoms with Crippen LogP contribution in [0.5, 0.6) is 0 Å². The molecule has 2 amide bonds. The summed E-state index contributed by atoms with van der Waals surface area (Å²) >= 11 is 5.87. The summed E-state index contributed by atoms with van der Waals surface area (Å²) in [6.45, 7) is 0. The topological polar surface area (TPSA) is 107 Å². The van der Waals surface area contributed by atoms with E-state index < -0.39 is 22.8 Å². The zero-order valence-corrected chi connectivity index (χ0v) is 13.1. The van der Waals surface area contributed by atoms with Gasteiger partial charge in [0.25, 0.3) is 11.6 Å². The van der Waals surface area contributed by atoms with E-state index >= 15 is 0 Å². The van der Waals surface area contributed by atoms with Crippen LogP contribution in [0.2, 0.25) is 5.02 Å². The van der Waals surface area contributed by atoms with Gasteiger partial charge in [-0.15, -0.1) is 0 Å². The highest BCUT2D eigenvalue weighted by atomic mass is 35.5. The van der Waals surface area contributed by atoms with Crippen molar-refractivity contribution in [2.75, 3.05) is 4.90 Å². The number of hydrogen-bond acceptors (Lipinski definition) is 4. The van der Waals surface area contributed by atoms with Crippen molar-refractivity contribution in [2.45, 2.75) is 12.5 Å². The van der Waals surface area contributed by atoms with Gasteiger partial charge in [0, 0.05) is 23.7 Å². The van der Waals surface area contributed by atoms with Crippen LogP contribution in [0.15, 0.2) is 42.5 Å². The summed E-state index contributed by atoms with van der Waals surface area (Å²) in [6, 6.07) is 10.0. The first-order valence-corrected chi connectivity index (χ1v) is 7.42. The van der Waals surface area contributed by atoms with E-state index in [1.54, 1.807) is 12.1 Å². The van der Waals surface area contributed by atoms with Gasteiger partial charge < -0.3 is 5.73 Å². The molecular weight excluding hydrogens is 334 g/mol. The number of nitrogens with two attached hydrogens (primary N) is 1. The minimum absolute atomic E-state index is 0.144. The number of fused-ring (bicyclic) bond motifs is 1. The maximum atomic E-state index is 12.8. The zero-order chi connectivity index (χ0) is 17.4. The molecule has 0 spiro atoms. The highest BCUT2D eigenvalue weighted by molar-refractivity contribution is 6.33. The van der Waals surface area contributed by atoms with Crippen LogP contribution in [0.3, 0.4) is 0 Å². The van der Waals surface area contributed by atoms with Crippen molar-refractivity contribution in [3.05, 3.63) is 68.7 Å². The molecule has 2 aromatic carbocycles. The Morgan fingerprint density at radius 2 is 1.96 bits per heavy atom. The predicted molar refractivity (Wildman–Crippen MR) is 88.0 cm³/mol. The predicted octanol–water partition coefficient (Wildman–Crippen LogP) is 2.30. The Hall–Kier alpha value is -2.93. The second kappa shape index (κ2) is 5.93. The summed E-state index contributed by atoms with van der Waals surface area (Å²) in [5.74, 6) is -1.10. The van der Waals surface area contributed by atoms with Crippen LogP contribution in [-0.4, -0.2) is 22.8 Å². The van der Waals surface area contributed by atoms with Crippen LogP contribution in [0.4, 0.5) is 11.4 Å². The molecule has 8 heteroatoms. The summed E-state index contributed by atoms with van der Waals surface area (Å²) in [5, 5.41) is 10.7. The number of nitro benzene ring substituents is 1. The first-order valence-electron chi connectivity index (χ1n) is 7.05. The molecule has 24 heavy (non-hydrogen) atoms. The molecule has 0 radical (unpaired) electrons. The third-order valence-corrected chi connectivity index (χ3v) is 4.22. The van der Waals surface area contributed by atoms with E-state index in [0.29, 0.717) is 12.1 Å². The number of nitro groups is 1. The Bertz CT molecular complexity index is 868. The van der Waals surface area contributed by atoms with Gasteiger partial charge in [-0.3, -0.25) is 24.6 Å². The number of nitrogens with zero attached hydrogens (tertiary/aromatic N) is 2. The van der Waals surface area contributed by atoms with Crippen molar-refractivity contribution in [1.29, 1.82) is 0 Å². The summed E-state index contributed by atoms with van der Waals surface area (Å²) in [4.78, 5) is 36.1. The van der Waals surface area contributed by atoms with Crippen LogP contribution < -0.4 is 10.6 Å². The van der Waals surface area contributed by atoms with Crippen molar-refractivity contribution >= 4 is 34.8 Å². The van der Waals surface area contributed by atoms with Crippen molar-refractivity contribution in [2.24, 2.45) is 5.73 Å². The second-order valence-corrected chi connectivity index (χ2v) is 5.76. The lowest BCUT2D eigenvalue weighted by Crippen LogP contribution is -2.46. The van der Waals surface area contributed by atoms with Crippen molar-refractivity contribution in [3.8, 4) is 0 Å². The largest absolute Gasteiger partial charge is 0.368 e. The number of para-hydroxylation sites is 1. The normalized spacial score (nSPS) is 15.9. The maximum absolute atomic E-state index is 12.8. The summed E-state index contributed by atoms with van der Waals surface area (Å²) in [6.07, 6.45) is 0.331. The minimum Gasteiger partial charge on any atom is -0.368 e. The molecule has 0 unspecified atom stereocenters. The van der Waals surface area contributed by atoms with Crippen LogP contribution in [0, 0.1) is 10.1 Å². The molecule has 1 aliphatic rings. The molecule has 0 aromatic heterocycles. The molecule has 2 aromatic rings.